The van der Waals surface area contributed by atoms with Crippen molar-refractivity contribution in [3.63, 3.8) is 0 Å². The number of hydrogen-bond donors (Lipinski definition) is 2. The van der Waals surface area contributed by atoms with E-state index >= 15 is 0 Å². The van der Waals surface area contributed by atoms with E-state index in [-0.39, 0.29) is 17.5 Å². The fourth-order valence-corrected chi connectivity index (χ4v) is 2.45. The molecule has 9 heteroatoms. The summed E-state index contributed by atoms with van der Waals surface area (Å²) in [4.78, 5) is 26.2. The van der Waals surface area contributed by atoms with Crippen LogP contribution in [0.3, 0.4) is 0 Å². The van der Waals surface area contributed by atoms with Gasteiger partial charge in [0.1, 0.15) is 0 Å². The molecule has 0 radical (unpaired) electrons. The van der Waals surface area contributed by atoms with Crippen molar-refractivity contribution < 1.29 is 9.90 Å². The number of imidazole rings is 1. The molecule has 0 aliphatic heterocycles. The number of aromatic nitrogens is 5. The minimum absolute atomic E-state index is 0.137. The zero-order valence-corrected chi connectivity index (χ0v) is 11.0. The number of thioether (sulfide) groups is 1. The molecule has 0 saturated carbocycles. The summed E-state index contributed by atoms with van der Waals surface area (Å²) < 4.78 is 3.29. The van der Waals surface area contributed by atoms with Gasteiger partial charge >= 0.3 is 11.7 Å². The normalized spacial score (nSPS) is 12.5. The van der Waals surface area contributed by atoms with E-state index in [0.717, 1.165) is 11.8 Å². The van der Waals surface area contributed by atoms with Gasteiger partial charge in [0.25, 0.3) is 0 Å². The summed E-state index contributed by atoms with van der Waals surface area (Å²) >= 11 is 1.01. The molecule has 2 heterocycles. The Morgan fingerprint density at radius 1 is 1.63 bits per heavy atom. The summed E-state index contributed by atoms with van der Waals surface area (Å²) in [5, 5.41) is 15.2. The number of H-pyrrole nitrogens is 1. The van der Waals surface area contributed by atoms with Gasteiger partial charge in [-0.3, -0.25) is 9.36 Å². The van der Waals surface area contributed by atoms with Crippen molar-refractivity contribution in [3.8, 4) is 0 Å². The Morgan fingerprint density at radius 3 is 3.05 bits per heavy atom. The molecule has 2 aromatic rings. The maximum Gasteiger partial charge on any atom is 0.344 e. The van der Waals surface area contributed by atoms with E-state index in [9.17, 15) is 9.59 Å². The fourth-order valence-electron chi connectivity index (χ4n) is 1.69. The predicted octanol–water partition coefficient (Wildman–Crippen LogP) is 0.206. The highest BCUT2D eigenvalue weighted by atomic mass is 32.2. The van der Waals surface area contributed by atoms with E-state index < -0.39 is 5.97 Å². The third kappa shape index (κ3) is 3.25. The lowest BCUT2D eigenvalue weighted by molar-refractivity contribution is -0.133. The lowest BCUT2D eigenvalue weighted by atomic mass is 10.3. The van der Waals surface area contributed by atoms with Crippen LogP contribution in [0.4, 0.5) is 0 Å². The first-order valence-corrected chi connectivity index (χ1v) is 6.53. The molecule has 0 spiro atoms. The average Bonchev–Trinajstić information content (AvgIpc) is 2.96. The largest absolute Gasteiger partial charge is 0.481 e. The molecule has 0 saturated heterocycles. The minimum atomic E-state index is -0.950. The van der Waals surface area contributed by atoms with Gasteiger partial charge in [-0.1, -0.05) is 11.8 Å². The summed E-state index contributed by atoms with van der Waals surface area (Å²) in [6.45, 7) is 2.42. The van der Waals surface area contributed by atoms with Crippen molar-refractivity contribution in [3.05, 3.63) is 29.2 Å². The smallest absolute Gasteiger partial charge is 0.344 e. The third-order valence-corrected chi connectivity index (χ3v) is 3.41. The van der Waals surface area contributed by atoms with E-state index in [2.05, 4.69) is 15.2 Å². The highest BCUT2D eigenvalue weighted by molar-refractivity contribution is 7.99. The van der Waals surface area contributed by atoms with Gasteiger partial charge in [0.05, 0.1) is 18.1 Å². The molecule has 19 heavy (non-hydrogen) atoms. The minimum Gasteiger partial charge on any atom is -0.481 e. The Balaban J connectivity index is 2.16. The van der Waals surface area contributed by atoms with Crippen molar-refractivity contribution in [2.45, 2.75) is 24.7 Å². The predicted molar refractivity (Wildman–Crippen MR) is 68.1 cm³/mol. The lowest BCUT2D eigenvalue weighted by Gasteiger charge is -2.14. The first kappa shape index (κ1) is 13.4. The number of rotatable bonds is 6. The molecule has 102 valence electrons. The molecule has 8 nitrogen and oxygen atoms in total. The van der Waals surface area contributed by atoms with Gasteiger partial charge in [-0.05, 0) is 6.92 Å². The number of aliphatic carboxylic acids is 1. The first-order valence-electron chi connectivity index (χ1n) is 5.55. The van der Waals surface area contributed by atoms with Crippen LogP contribution in [0.2, 0.25) is 0 Å². The van der Waals surface area contributed by atoms with Crippen LogP contribution in [0.5, 0.6) is 0 Å². The van der Waals surface area contributed by atoms with Gasteiger partial charge < -0.3 is 9.67 Å². The van der Waals surface area contributed by atoms with Crippen LogP contribution in [0.1, 0.15) is 13.0 Å². The quantitative estimate of drug-likeness (QED) is 0.734. The van der Waals surface area contributed by atoms with Crippen LogP contribution in [-0.2, 0) is 11.3 Å². The molecular formula is C10H13N5O3S. The van der Waals surface area contributed by atoms with Crippen LogP contribution < -0.4 is 5.69 Å². The highest BCUT2D eigenvalue weighted by Gasteiger charge is 2.16. The molecule has 0 amide bonds. The molecule has 2 aromatic heterocycles. The van der Waals surface area contributed by atoms with E-state index in [4.69, 9.17) is 5.11 Å². The third-order valence-electron chi connectivity index (χ3n) is 2.47. The molecule has 0 bridgehead atoms. The number of carbonyl (C=O) groups is 1. The van der Waals surface area contributed by atoms with E-state index in [1.165, 1.54) is 4.57 Å². The molecule has 1 atom stereocenters. The van der Waals surface area contributed by atoms with Crippen molar-refractivity contribution in [1.29, 1.82) is 0 Å². The summed E-state index contributed by atoms with van der Waals surface area (Å²) in [6, 6.07) is -0.156. The standard InChI is InChI=1S/C10H13N5O3S/c1-7(4-14-3-2-11-6-14)15-9(18)12-13-10(15)19-5-8(16)17/h2-3,6-7H,4-5H2,1H3,(H,12,18)(H,16,17). The second-order valence-electron chi connectivity index (χ2n) is 3.97. The molecule has 2 N–H and O–H groups in total. The zero-order chi connectivity index (χ0) is 13.8. The number of carboxylic acids is 1. The maximum atomic E-state index is 11.7. The summed E-state index contributed by atoms with van der Waals surface area (Å²) in [6.07, 6.45) is 5.11. The molecule has 0 aromatic carbocycles. The second kappa shape index (κ2) is 5.74. The Morgan fingerprint density at radius 2 is 2.42 bits per heavy atom. The van der Waals surface area contributed by atoms with Crippen LogP contribution in [0.15, 0.2) is 28.7 Å². The average molecular weight is 283 g/mol. The summed E-state index contributed by atoms with van der Waals surface area (Å²) in [5.74, 6) is -1.09. The van der Waals surface area contributed by atoms with Crippen LogP contribution in [0.25, 0.3) is 0 Å². The van der Waals surface area contributed by atoms with Crippen molar-refractivity contribution in [2.24, 2.45) is 0 Å². The van der Waals surface area contributed by atoms with Crippen LogP contribution in [0, 0.1) is 0 Å². The van der Waals surface area contributed by atoms with Crippen molar-refractivity contribution in [1.82, 2.24) is 24.3 Å². The van der Waals surface area contributed by atoms with E-state index in [1.807, 2.05) is 11.5 Å². The molecule has 0 fully saturated rings. The summed E-state index contributed by atoms with van der Waals surface area (Å²) in [5.41, 5.74) is -0.347. The SMILES string of the molecule is CC(Cn1ccnc1)n1c(SCC(=O)O)n[nH]c1=O. The Kier molecular flexibility index (Phi) is 4.05. The van der Waals surface area contributed by atoms with Gasteiger partial charge in [-0.15, -0.1) is 5.10 Å². The van der Waals surface area contributed by atoms with Gasteiger partial charge in [0.15, 0.2) is 5.16 Å². The van der Waals surface area contributed by atoms with Gasteiger partial charge in [0, 0.05) is 18.9 Å². The van der Waals surface area contributed by atoms with Gasteiger partial charge in [-0.2, -0.15) is 0 Å². The molecule has 0 aliphatic carbocycles. The van der Waals surface area contributed by atoms with Crippen molar-refractivity contribution in [2.75, 3.05) is 5.75 Å². The fraction of sp³-hybridized carbons (Fsp3) is 0.400. The second-order valence-corrected chi connectivity index (χ2v) is 4.91. The number of nitrogens with zero attached hydrogens (tertiary/aromatic N) is 4. The number of nitrogens with one attached hydrogen (secondary N) is 1. The number of aromatic amines is 1. The van der Waals surface area contributed by atoms with E-state index in [1.54, 1.807) is 18.7 Å². The van der Waals surface area contributed by atoms with Crippen LogP contribution >= 0.6 is 11.8 Å². The monoisotopic (exact) mass is 283 g/mol. The number of hydrogen-bond acceptors (Lipinski definition) is 5. The van der Waals surface area contributed by atoms with Gasteiger partial charge in [-0.25, -0.2) is 14.9 Å². The molecule has 2 rings (SSSR count). The maximum absolute atomic E-state index is 11.7. The van der Waals surface area contributed by atoms with Gasteiger partial charge in [0.2, 0.25) is 0 Å². The number of carboxylic acid groups (broad SMARTS) is 1. The Hall–Kier alpha value is -2.03. The Bertz CT molecular complexity index is 603. The van der Waals surface area contributed by atoms with E-state index in [0.29, 0.717) is 11.7 Å². The first-order chi connectivity index (χ1) is 9.08. The molecular weight excluding hydrogens is 270 g/mol. The topological polar surface area (TPSA) is 106 Å². The molecule has 1 unspecified atom stereocenters. The summed E-state index contributed by atoms with van der Waals surface area (Å²) in [7, 11) is 0. The lowest BCUT2D eigenvalue weighted by Crippen LogP contribution is -2.24. The van der Waals surface area contributed by atoms with Crippen molar-refractivity contribution >= 4 is 17.7 Å². The molecule has 0 aliphatic rings. The Labute approximate surface area is 112 Å². The van der Waals surface area contributed by atoms with Crippen LogP contribution in [-0.4, -0.2) is 41.1 Å². The zero-order valence-electron chi connectivity index (χ0n) is 10.2. The highest BCUT2D eigenvalue weighted by Crippen LogP contribution is 2.17.